The Bertz CT molecular complexity index is 557. The highest BCUT2D eigenvalue weighted by atomic mass is 127. The second-order valence-electron chi connectivity index (χ2n) is 3.30. The van der Waals surface area contributed by atoms with Gasteiger partial charge in [0.2, 0.25) is 5.43 Å². The maximum atomic E-state index is 11.9. The average Bonchev–Trinajstić information content (AvgIpc) is 2.23. The molecule has 14 heavy (non-hydrogen) atoms. The number of halogens is 1. The van der Waals surface area contributed by atoms with Gasteiger partial charge in [-0.3, -0.25) is 4.79 Å². The molecule has 0 spiro atoms. The van der Waals surface area contributed by atoms with E-state index in [9.17, 15) is 4.79 Å². The Hall–Kier alpha value is -0.840. The molecule has 0 aliphatic rings. The third kappa shape index (κ3) is 1.27. The zero-order valence-electron chi connectivity index (χ0n) is 8.04. The number of hydrogen-bond donors (Lipinski definition) is 0. The number of nitrogens with zero attached hydrogens (tertiary/aromatic N) is 1. The number of aromatic nitrogens is 1. The van der Waals surface area contributed by atoms with Crippen molar-refractivity contribution in [3.05, 3.63) is 43.8 Å². The first-order valence-corrected chi connectivity index (χ1v) is 5.44. The second kappa shape index (κ2) is 3.38. The van der Waals surface area contributed by atoms with E-state index in [1.165, 1.54) is 0 Å². The van der Waals surface area contributed by atoms with Gasteiger partial charge in [0.15, 0.2) is 0 Å². The van der Waals surface area contributed by atoms with Crippen LogP contribution in [0.1, 0.15) is 5.69 Å². The molecule has 0 N–H and O–H groups in total. The normalized spacial score (nSPS) is 10.8. The Balaban J connectivity index is 3.10. The largest absolute Gasteiger partial charge is 0.347 e. The lowest BCUT2D eigenvalue weighted by Gasteiger charge is -2.10. The van der Waals surface area contributed by atoms with Crippen LogP contribution < -0.4 is 5.43 Å². The van der Waals surface area contributed by atoms with Gasteiger partial charge in [0.05, 0.1) is 9.09 Å². The zero-order chi connectivity index (χ0) is 10.3. The molecule has 0 radical (unpaired) electrons. The Morgan fingerprint density at radius 1 is 1.29 bits per heavy atom. The molecule has 0 fully saturated rings. The Kier molecular flexibility index (Phi) is 2.34. The van der Waals surface area contributed by atoms with Gasteiger partial charge >= 0.3 is 0 Å². The molecule has 0 saturated carbocycles. The molecule has 0 aliphatic heterocycles. The van der Waals surface area contributed by atoms with E-state index in [1.807, 2.05) is 38.2 Å². The van der Waals surface area contributed by atoms with Crippen LogP contribution in [0.5, 0.6) is 0 Å². The SMILES string of the molecule is Cc1c(I)c(=O)c2ccccc2n1C. The summed E-state index contributed by atoms with van der Waals surface area (Å²) in [7, 11) is 1.99. The molecular weight excluding hydrogens is 289 g/mol. The van der Waals surface area contributed by atoms with Crippen molar-refractivity contribution in [2.75, 3.05) is 0 Å². The first kappa shape index (κ1) is 9.71. The number of hydrogen-bond acceptors (Lipinski definition) is 1. The number of aryl methyl sites for hydroxylation is 1. The van der Waals surface area contributed by atoms with E-state index < -0.39 is 0 Å². The minimum Gasteiger partial charge on any atom is -0.347 e. The maximum Gasteiger partial charge on any atom is 0.202 e. The van der Waals surface area contributed by atoms with E-state index >= 15 is 0 Å². The third-order valence-electron chi connectivity index (χ3n) is 2.53. The minimum atomic E-state index is 0.136. The second-order valence-corrected chi connectivity index (χ2v) is 4.38. The predicted octanol–water partition coefficient (Wildman–Crippen LogP) is 2.45. The van der Waals surface area contributed by atoms with Crippen LogP contribution >= 0.6 is 22.6 Å². The number of benzene rings is 1. The quantitative estimate of drug-likeness (QED) is 0.685. The number of pyridine rings is 1. The maximum absolute atomic E-state index is 11.9. The number of rotatable bonds is 0. The van der Waals surface area contributed by atoms with E-state index in [1.54, 1.807) is 0 Å². The molecule has 0 unspecified atom stereocenters. The van der Waals surface area contributed by atoms with Crippen molar-refractivity contribution in [1.29, 1.82) is 0 Å². The summed E-state index contributed by atoms with van der Waals surface area (Å²) in [6, 6.07) is 7.70. The van der Waals surface area contributed by atoms with Gasteiger partial charge in [-0.15, -0.1) is 0 Å². The Morgan fingerprint density at radius 2 is 1.93 bits per heavy atom. The van der Waals surface area contributed by atoms with E-state index in [-0.39, 0.29) is 5.43 Å². The van der Waals surface area contributed by atoms with Gasteiger partial charge in [-0.25, -0.2) is 0 Å². The molecular formula is C11H10INO. The van der Waals surface area contributed by atoms with Crippen molar-refractivity contribution < 1.29 is 0 Å². The van der Waals surface area contributed by atoms with Gasteiger partial charge in [0.25, 0.3) is 0 Å². The standard InChI is InChI=1S/C11H10INO/c1-7-10(12)11(14)8-5-3-4-6-9(8)13(7)2/h3-6H,1-2H3. The molecule has 0 amide bonds. The van der Waals surface area contributed by atoms with Gasteiger partial charge in [-0.05, 0) is 41.6 Å². The van der Waals surface area contributed by atoms with Gasteiger partial charge in [0, 0.05) is 18.1 Å². The summed E-state index contributed by atoms with van der Waals surface area (Å²) in [5, 5.41) is 0.796. The Morgan fingerprint density at radius 3 is 2.64 bits per heavy atom. The van der Waals surface area contributed by atoms with Gasteiger partial charge in [0.1, 0.15) is 0 Å². The third-order valence-corrected chi connectivity index (χ3v) is 3.80. The Labute approximate surface area is 95.7 Å². The van der Waals surface area contributed by atoms with Gasteiger partial charge in [-0.2, -0.15) is 0 Å². The summed E-state index contributed by atoms with van der Waals surface area (Å²) in [5.41, 5.74) is 2.15. The molecule has 0 aliphatic carbocycles. The fraction of sp³-hybridized carbons (Fsp3) is 0.182. The van der Waals surface area contributed by atoms with Gasteiger partial charge < -0.3 is 4.57 Å². The molecule has 0 saturated heterocycles. The summed E-state index contributed by atoms with van der Waals surface area (Å²) in [6.07, 6.45) is 0. The molecule has 2 rings (SSSR count). The van der Waals surface area contributed by atoms with Gasteiger partial charge in [-0.1, -0.05) is 12.1 Å². The molecule has 2 aromatic rings. The number of fused-ring (bicyclic) bond motifs is 1. The predicted molar refractivity (Wildman–Crippen MR) is 66.6 cm³/mol. The van der Waals surface area contributed by atoms with E-state index in [4.69, 9.17) is 0 Å². The minimum absolute atomic E-state index is 0.136. The zero-order valence-corrected chi connectivity index (χ0v) is 10.2. The van der Waals surface area contributed by atoms with E-state index in [0.717, 1.165) is 20.2 Å². The highest BCUT2D eigenvalue weighted by Gasteiger charge is 2.08. The molecule has 2 nitrogen and oxygen atoms in total. The highest BCUT2D eigenvalue weighted by Crippen LogP contribution is 2.15. The van der Waals surface area contributed by atoms with Crippen LogP contribution in [0.25, 0.3) is 10.9 Å². The van der Waals surface area contributed by atoms with Crippen molar-refractivity contribution in [3.63, 3.8) is 0 Å². The first-order chi connectivity index (χ1) is 6.63. The lowest BCUT2D eigenvalue weighted by Crippen LogP contribution is -2.14. The van der Waals surface area contributed by atoms with Crippen molar-refractivity contribution in [1.82, 2.24) is 4.57 Å². The van der Waals surface area contributed by atoms with Crippen molar-refractivity contribution in [2.24, 2.45) is 7.05 Å². The molecule has 1 aromatic heterocycles. The first-order valence-electron chi connectivity index (χ1n) is 4.36. The highest BCUT2D eigenvalue weighted by molar-refractivity contribution is 14.1. The summed E-state index contributed by atoms with van der Waals surface area (Å²) in [4.78, 5) is 11.9. The number of para-hydroxylation sites is 1. The lowest BCUT2D eigenvalue weighted by atomic mass is 10.2. The summed E-state index contributed by atoms with van der Waals surface area (Å²) in [5.74, 6) is 0. The average molecular weight is 299 g/mol. The van der Waals surface area contributed by atoms with Crippen LogP contribution in [0.4, 0.5) is 0 Å². The fourth-order valence-corrected chi connectivity index (χ4v) is 2.22. The molecule has 0 atom stereocenters. The molecule has 3 heteroatoms. The molecule has 72 valence electrons. The smallest absolute Gasteiger partial charge is 0.202 e. The van der Waals surface area contributed by atoms with Crippen LogP contribution in [0.2, 0.25) is 0 Å². The lowest BCUT2D eigenvalue weighted by molar-refractivity contribution is 0.889. The molecule has 1 aromatic carbocycles. The molecule has 0 bridgehead atoms. The summed E-state index contributed by atoms with van der Waals surface area (Å²) < 4.78 is 2.86. The van der Waals surface area contributed by atoms with Crippen molar-refractivity contribution in [2.45, 2.75) is 6.92 Å². The van der Waals surface area contributed by atoms with Crippen LogP contribution in [-0.2, 0) is 7.05 Å². The molecule has 1 heterocycles. The van der Waals surface area contributed by atoms with Crippen LogP contribution in [0.3, 0.4) is 0 Å². The topological polar surface area (TPSA) is 22.0 Å². The fourth-order valence-electron chi connectivity index (χ4n) is 1.57. The van der Waals surface area contributed by atoms with Crippen molar-refractivity contribution in [3.8, 4) is 0 Å². The monoisotopic (exact) mass is 299 g/mol. The van der Waals surface area contributed by atoms with E-state index in [2.05, 4.69) is 27.2 Å². The van der Waals surface area contributed by atoms with Crippen LogP contribution in [0.15, 0.2) is 29.1 Å². The van der Waals surface area contributed by atoms with Crippen molar-refractivity contribution >= 4 is 33.5 Å². The summed E-state index contributed by atoms with van der Waals surface area (Å²) >= 11 is 2.11. The van der Waals surface area contributed by atoms with Crippen LogP contribution in [-0.4, -0.2) is 4.57 Å². The summed E-state index contributed by atoms with van der Waals surface area (Å²) in [6.45, 7) is 1.97. The van der Waals surface area contributed by atoms with E-state index in [0.29, 0.717) is 0 Å². The van der Waals surface area contributed by atoms with Crippen LogP contribution in [0, 0.1) is 10.5 Å².